The van der Waals surface area contributed by atoms with Crippen LogP contribution in [0, 0.1) is 0 Å². The Morgan fingerprint density at radius 1 is 1.26 bits per heavy atom. The first-order valence-corrected chi connectivity index (χ1v) is 7.87. The van der Waals surface area contributed by atoms with E-state index in [-0.39, 0.29) is 24.5 Å². The Balaban J connectivity index is 1.62. The van der Waals surface area contributed by atoms with Crippen LogP contribution in [0.3, 0.4) is 0 Å². The van der Waals surface area contributed by atoms with Crippen molar-refractivity contribution in [2.45, 2.75) is 57.8 Å². The van der Waals surface area contributed by atoms with E-state index in [2.05, 4.69) is 0 Å². The minimum atomic E-state index is -0.457. The largest absolute Gasteiger partial charge is 0.459 e. The summed E-state index contributed by atoms with van der Waals surface area (Å²) in [4.78, 5) is 11.4. The van der Waals surface area contributed by atoms with Gasteiger partial charge in [0.05, 0.1) is 13.2 Å². The van der Waals surface area contributed by atoms with Gasteiger partial charge in [-0.15, -0.1) is 0 Å². The number of carbonyl (C=O) groups excluding carboxylic acids is 1. The second-order valence-electron chi connectivity index (χ2n) is 5.79. The van der Waals surface area contributed by atoms with Gasteiger partial charge < -0.3 is 23.7 Å². The van der Waals surface area contributed by atoms with Gasteiger partial charge in [-0.25, -0.2) is 0 Å². The highest BCUT2D eigenvalue weighted by Crippen LogP contribution is 2.30. The lowest BCUT2D eigenvalue weighted by Gasteiger charge is -2.44. The second-order valence-corrected chi connectivity index (χ2v) is 5.79. The molecule has 2 aliphatic heterocycles. The number of esters is 1. The Kier molecular flexibility index (Phi) is 5.27. The lowest BCUT2D eigenvalue weighted by Crippen LogP contribution is -2.57. The van der Waals surface area contributed by atoms with E-state index < -0.39 is 12.4 Å². The average molecular weight is 322 g/mol. The zero-order valence-corrected chi connectivity index (χ0v) is 13.3. The van der Waals surface area contributed by atoms with Gasteiger partial charge in [-0.05, 0) is 12.5 Å². The molecule has 1 aromatic rings. The molecule has 0 bridgehead atoms. The third kappa shape index (κ3) is 4.29. The molecule has 0 radical (unpaired) electrons. The number of hydrogen-bond donors (Lipinski definition) is 0. The van der Waals surface area contributed by atoms with Crippen LogP contribution in [-0.2, 0) is 35.1 Å². The molecule has 23 heavy (non-hydrogen) atoms. The third-order valence-corrected chi connectivity index (χ3v) is 3.92. The Morgan fingerprint density at radius 2 is 2.04 bits per heavy atom. The van der Waals surface area contributed by atoms with Gasteiger partial charge in [-0.3, -0.25) is 4.79 Å². The monoisotopic (exact) mass is 322 g/mol. The van der Waals surface area contributed by atoms with Gasteiger partial charge in [0.1, 0.15) is 18.3 Å². The molecule has 2 fully saturated rings. The van der Waals surface area contributed by atoms with E-state index >= 15 is 0 Å². The summed E-state index contributed by atoms with van der Waals surface area (Å²) in [5.74, 6) is -0.333. The van der Waals surface area contributed by atoms with Crippen LogP contribution in [0.25, 0.3) is 0 Å². The van der Waals surface area contributed by atoms with Gasteiger partial charge in [0, 0.05) is 13.3 Å². The maximum absolute atomic E-state index is 11.4. The number of rotatable bonds is 4. The topological polar surface area (TPSA) is 63.2 Å². The first-order chi connectivity index (χ1) is 11.1. The van der Waals surface area contributed by atoms with Crippen molar-refractivity contribution in [1.29, 1.82) is 0 Å². The highest BCUT2D eigenvalue weighted by atomic mass is 16.7. The van der Waals surface area contributed by atoms with Crippen LogP contribution in [0.5, 0.6) is 0 Å². The molecular formula is C17H22O6. The number of benzene rings is 1. The van der Waals surface area contributed by atoms with Crippen LogP contribution < -0.4 is 0 Å². The number of carbonyl (C=O) groups is 1. The average Bonchev–Trinajstić information content (AvgIpc) is 2.54. The van der Waals surface area contributed by atoms with Crippen molar-refractivity contribution in [3.8, 4) is 0 Å². The van der Waals surface area contributed by atoms with Crippen molar-refractivity contribution in [2.75, 3.05) is 6.61 Å². The molecule has 6 heteroatoms. The summed E-state index contributed by atoms with van der Waals surface area (Å²) >= 11 is 0. The van der Waals surface area contributed by atoms with Gasteiger partial charge in [0.2, 0.25) is 0 Å². The molecule has 0 aliphatic carbocycles. The highest BCUT2D eigenvalue weighted by Gasteiger charge is 2.45. The summed E-state index contributed by atoms with van der Waals surface area (Å²) < 4.78 is 28.4. The SMILES string of the molecule is CC(=O)O[C@@H]1C[C@@H](OCc2ccccc2)O[C@@H]2COC(C)O[C@@H]12. The molecule has 2 heterocycles. The Bertz CT molecular complexity index is 519. The molecule has 2 saturated heterocycles. The predicted molar refractivity (Wildman–Crippen MR) is 80.4 cm³/mol. The summed E-state index contributed by atoms with van der Waals surface area (Å²) in [6, 6.07) is 9.86. The van der Waals surface area contributed by atoms with Crippen molar-refractivity contribution in [3.63, 3.8) is 0 Å². The van der Waals surface area contributed by atoms with Crippen molar-refractivity contribution in [1.82, 2.24) is 0 Å². The summed E-state index contributed by atoms with van der Waals surface area (Å²) in [7, 11) is 0. The maximum Gasteiger partial charge on any atom is 0.302 e. The Hall–Kier alpha value is -1.47. The molecule has 0 N–H and O–H groups in total. The summed E-state index contributed by atoms with van der Waals surface area (Å²) in [5, 5.41) is 0. The van der Waals surface area contributed by atoms with E-state index in [9.17, 15) is 4.79 Å². The molecule has 1 unspecified atom stereocenters. The lowest BCUT2D eigenvalue weighted by molar-refractivity contribution is -0.332. The molecule has 0 spiro atoms. The van der Waals surface area contributed by atoms with E-state index in [0.717, 1.165) is 5.56 Å². The Morgan fingerprint density at radius 3 is 2.78 bits per heavy atom. The van der Waals surface area contributed by atoms with Crippen molar-refractivity contribution in [2.24, 2.45) is 0 Å². The minimum Gasteiger partial charge on any atom is -0.459 e. The quantitative estimate of drug-likeness (QED) is 0.790. The molecule has 0 amide bonds. The van der Waals surface area contributed by atoms with E-state index in [1.54, 1.807) is 0 Å². The third-order valence-electron chi connectivity index (χ3n) is 3.92. The number of ether oxygens (including phenoxy) is 5. The second kappa shape index (κ2) is 7.40. The van der Waals surface area contributed by atoms with Crippen LogP contribution >= 0.6 is 0 Å². The van der Waals surface area contributed by atoms with Gasteiger partial charge in [-0.1, -0.05) is 30.3 Å². The zero-order valence-electron chi connectivity index (χ0n) is 13.3. The Labute approximate surface area is 135 Å². The zero-order chi connectivity index (χ0) is 16.2. The van der Waals surface area contributed by atoms with Crippen LogP contribution in [0.1, 0.15) is 25.8 Å². The molecule has 1 aromatic carbocycles. The van der Waals surface area contributed by atoms with Crippen LogP contribution in [0.2, 0.25) is 0 Å². The van der Waals surface area contributed by atoms with Crippen molar-refractivity contribution in [3.05, 3.63) is 35.9 Å². The van der Waals surface area contributed by atoms with E-state index in [4.69, 9.17) is 23.7 Å². The van der Waals surface area contributed by atoms with Crippen molar-refractivity contribution >= 4 is 5.97 Å². The standard InChI is InChI=1S/C17H22O6/c1-11(18)21-14-8-16(20-9-13-6-4-3-5-7-13)23-15-10-19-12(2)22-17(14)15/h3-7,12,14-17H,8-10H2,1-2H3/t12?,14-,15-,16+,17+/m1/s1. The smallest absolute Gasteiger partial charge is 0.302 e. The van der Waals surface area contributed by atoms with Gasteiger partial charge in [-0.2, -0.15) is 0 Å². The lowest BCUT2D eigenvalue weighted by atomic mass is 10.0. The molecule has 3 rings (SSSR count). The number of hydrogen-bond acceptors (Lipinski definition) is 6. The molecule has 2 aliphatic rings. The van der Waals surface area contributed by atoms with E-state index in [1.165, 1.54) is 6.92 Å². The highest BCUT2D eigenvalue weighted by molar-refractivity contribution is 5.66. The van der Waals surface area contributed by atoms with Gasteiger partial charge in [0.25, 0.3) is 0 Å². The van der Waals surface area contributed by atoms with Gasteiger partial charge in [0.15, 0.2) is 12.6 Å². The van der Waals surface area contributed by atoms with Crippen LogP contribution in [-0.4, -0.2) is 43.5 Å². The summed E-state index contributed by atoms with van der Waals surface area (Å²) in [5.41, 5.74) is 1.06. The molecule has 0 saturated carbocycles. The van der Waals surface area contributed by atoms with E-state index in [1.807, 2.05) is 37.3 Å². The fourth-order valence-electron chi connectivity index (χ4n) is 2.89. The first-order valence-electron chi connectivity index (χ1n) is 7.87. The summed E-state index contributed by atoms with van der Waals surface area (Å²) in [6.07, 6.45) is -1.36. The first kappa shape index (κ1) is 16.4. The molecule has 126 valence electrons. The van der Waals surface area contributed by atoms with E-state index in [0.29, 0.717) is 19.6 Å². The van der Waals surface area contributed by atoms with Crippen LogP contribution in [0.4, 0.5) is 0 Å². The molecular weight excluding hydrogens is 300 g/mol. The number of fused-ring (bicyclic) bond motifs is 1. The molecule has 0 aromatic heterocycles. The fraction of sp³-hybridized carbons (Fsp3) is 0.588. The minimum absolute atomic E-state index is 0.301. The molecule has 6 nitrogen and oxygen atoms in total. The maximum atomic E-state index is 11.4. The van der Waals surface area contributed by atoms with Gasteiger partial charge >= 0.3 is 5.97 Å². The predicted octanol–water partition coefficient (Wildman–Crippen LogP) is 2.01. The fourth-order valence-corrected chi connectivity index (χ4v) is 2.89. The van der Waals surface area contributed by atoms with Crippen LogP contribution in [0.15, 0.2) is 30.3 Å². The normalized spacial score (nSPS) is 33.7. The molecule has 5 atom stereocenters. The summed E-state index contributed by atoms with van der Waals surface area (Å²) in [6.45, 7) is 4.05. The van der Waals surface area contributed by atoms with Crippen molar-refractivity contribution < 1.29 is 28.5 Å².